The van der Waals surface area contributed by atoms with Crippen molar-refractivity contribution in [2.24, 2.45) is 0 Å². The third-order valence-corrected chi connectivity index (χ3v) is 6.23. The fourth-order valence-electron chi connectivity index (χ4n) is 1.89. The zero-order valence-electron chi connectivity index (χ0n) is 13.5. The molecule has 0 radical (unpaired) electrons. The summed E-state index contributed by atoms with van der Waals surface area (Å²) in [6.45, 7) is 0.294. The van der Waals surface area contributed by atoms with Crippen LogP contribution in [0.5, 0.6) is 0 Å². The molecule has 1 amide bonds. The van der Waals surface area contributed by atoms with Crippen LogP contribution >= 0.6 is 27.5 Å². The Bertz CT molecular complexity index is 976. The van der Waals surface area contributed by atoms with Crippen molar-refractivity contribution >= 4 is 49.0 Å². The van der Waals surface area contributed by atoms with Gasteiger partial charge in [0.25, 0.3) is 5.91 Å². The van der Waals surface area contributed by atoms with Gasteiger partial charge in [-0.25, -0.2) is 8.42 Å². The van der Waals surface area contributed by atoms with Crippen molar-refractivity contribution in [2.75, 3.05) is 5.32 Å². The molecule has 2 rings (SSSR count). The van der Waals surface area contributed by atoms with Crippen LogP contribution in [0.2, 0.25) is 5.02 Å². The number of carbonyl (C=O) groups excluding carboxylic acids is 1. The maximum absolute atomic E-state index is 12.7. The summed E-state index contributed by atoms with van der Waals surface area (Å²) in [4.78, 5) is 11.5. The number of carbonyl (C=O) groups is 1. The molecule has 1 unspecified atom stereocenters. The third-order valence-electron chi connectivity index (χ3n) is 3.62. The second-order valence-corrected chi connectivity index (χ2v) is 8.90. The highest BCUT2D eigenvalue weighted by atomic mass is 79.9. The van der Waals surface area contributed by atoms with Crippen LogP contribution in [-0.4, -0.2) is 31.2 Å². The van der Waals surface area contributed by atoms with Crippen LogP contribution in [-0.2, 0) is 14.6 Å². The van der Waals surface area contributed by atoms with E-state index in [1.54, 1.807) is 0 Å². The lowest BCUT2D eigenvalue weighted by atomic mass is 10.1. The van der Waals surface area contributed by atoms with E-state index in [2.05, 4.69) is 15.9 Å². The monoisotopic (exact) mass is 485 g/mol. The largest absolute Gasteiger partial charge is 0.426 e. The second kappa shape index (κ2) is 7.42. The van der Waals surface area contributed by atoms with Crippen molar-refractivity contribution in [2.45, 2.75) is 28.5 Å². The predicted octanol–water partition coefficient (Wildman–Crippen LogP) is 4.19. The van der Waals surface area contributed by atoms with Gasteiger partial charge in [0.15, 0.2) is 0 Å². The SMILES string of the molecule is CC(O)(C(=O)Nc1ccc(S(=O)(=O)c2ccc(Br)cc2)cc1Cl)C(F)(F)F. The summed E-state index contributed by atoms with van der Waals surface area (Å²) in [5.41, 5.74) is -3.92. The number of benzene rings is 2. The van der Waals surface area contributed by atoms with Gasteiger partial charge in [0.05, 0.1) is 20.5 Å². The summed E-state index contributed by atoms with van der Waals surface area (Å²) < 4.78 is 63.9. The minimum absolute atomic E-state index is 0.0152. The number of anilines is 1. The van der Waals surface area contributed by atoms with Gasteiger partial charge in [-0.15, -0.1) is 0 Å². The van der Waals surface area contributed by atoms with Gasteiger partial charge in [-0.3, -0.25) is 4.79 Å². The molecule has 1 atom stereocenters. The number of sulfone groups is 1. The molecule has 0 saturated heterocycles. The first-order valence-electron chi connectivity index (χ1n) is 7.17. The highest BCUT2D eigenvalue weighted by Gasteiger charge is 2.55. The van der Waals surface area contributed by atoms with E-state index in [0.717, 1.165) is 18.2 Å². The first-order valence-corrected chi connectivity index (χ1v) is 9.83. The molecule has 11 heteroatoms. The standard InChI is InChI=1S/C16H12BrClF3NO4S/c1-15(24,16(19,20)21)14(23)22-13-7-6-11(8-12(13)18)27(25,26)10-4-2-9(17)3-5-10/h2-8,24H,1H3,(H,22,23). The number of hydrogen-bond acceptors (Lipinski definition) is 4. The van der Waals surface area contributed by atoms with Gasteiger partial charge in [0, 0.05) is 4.47 Å². The summed E-state index contributed by atoms with van der Waals surface area (Å²) in [5.74, 6) is -1.75. The second-order valence-electron chi connectivity index (χ2n) is 5.62. The normalized spacial score (nSPS) is 14.5. The van der Waals surface area contributed by atoms with Crippen LogP contribution in [0.1, 0.15) is 6.92 Å². The summed E-state index contributed by atoms with van der Waals surface area (Å²) in [7, 11) is -3.92. The van der Waals surface area contributed by atoms with E-state index < -0.39 is 27.5 Å². The molecule has 0 aromatic heterocycles. The zero-order valence-corrected chi connectivity index (χ0v) is 16.7. The topological polar surface area (TPSA) is 83.5 Å². The van der Waals surface area contributed by atoms with Crippen LogP contribution in [0.3, 0.4) is 0 Å². The quantitative estimate of drug-likeness (QED) is 0.679. The van der Waals surface area contributed by atoms with E-state index in [1.165, 1.54) is 24.3 Å². The molecule has 0 aliphatic carbocycles. The summed E-state index contributed by atoms with van der Waals surface area (Å²) in [6.07, 6.45) is -5.20. The fourth-order valence-corrected chi connectivity index (χ4v) is 3.73. The Kier molecular flexibility index (Phi) is 5.96. The Morgan fingerprint density at radius 3 is 2.11 bits per heavy atom. The molecule has 0 aliphatic heterocycles. The Balaban J connectivity index is 2.33. The molecule has 2 aromatic rings. The van der Waals surface area contributed by atoms with E-state index in [9.17, 15) is 31.5 Å². The number of amides is 1. The van der Waals surface area contributed by atoms with Gasteiger partial charge in [0.1, 0.15) is 0 Å². The lowest BCUT2D eigenvalue weighted by molar-refractivity contribution is -0.242. The number of rotatable bonds is 4. The number of halogens is 5. The van der Waals surface area contributed by atoms with Crippen LogP contribution in [0.15, 0.2) is 56.7 Å². The van der Waals surface area contributed by atoms with Crippen LogP contribution in [0.4, 0.5) is 18.9 Å². The molecule has 0 spiro atoms. The van der Waals surface area contributed by atoms with E-state index in [1.807, 2.05) is 5.32 Å². The van der Waals surface area contributed by atoms with Crippen molar-refractivity contribution in [1.29, 1.82) is 0 Å². The third kappa shape index (κ3) is 4.45. The van der Waals surface area contributed by atoms with E-state index in [-0.39, 0.29) is 20.5 Å². The van der Waals surface area contributed by atoms with Crippen molar-refractivity contribution in [3.63, 3.8) is 0 Å². The molecular weight excluding hydrogens is 475 g/mol. The first kappa shape index (κ1) is 21.7. The molecule has 146 valence electrons. The Morgan fingerprint density at radius 2 is 1.63 bits per heavy atom. The van der Waals surface area contributed by atoms with Crippen molar-refractivity contribution in [3.05, 3.63) is 52.0 Å². The number of aliphatic hydroxyl groups is 1. The maximum atomic E-state index is 12.7. The summed E-state index contributed by atoms with van der Waals surface area (Å²) in [5, 5.41) is 10.9. The van der Waals surface area contributed by atoms with Gasteiger partial charge < -0.3 is 10.4 Å². The van der Waals surface area contributed by atoms with Crippen LogP contribution in [0.25, 0.3) is 0 Å². The first-order chi connectivity index (χ1) is 12.3. The molecule has 0 bridgehead atoms. The Hall–Kier alpha value is -1.62. The lowest BCUT2D eigenvalue weighted by Crippen LogP contribution is -2.52. The van der Waals surface area contributed by atoms with E-state index >= 15 is 0 Å². The molecule has 0 heterocycles. The van der Waals surface area contributed by atoms with Gasteiger partial charge in [0.2, 0.25) is 15.4 Å². The minimum Gasteiger partial charge on any atom is -0.373 e. The molecule has 0 saturated carbocycles. The molecule has 5 nitrogen and oxygen atoms in total. The highest BCUT2D eigenvalue weighted by Crippen LogP contribution is 2.33. The number of alkyl halides is 3. The van der Waals surface area contributed by atoms with E-state index in [0.29, 0.717) is 11.4 Å². The average Bonchev–Trinajstić information content (AvgIpc) is 2.55. The van der Waals surface area contributed by atoms with Crippen molar-refractivity contribution < 1.29 is 31.5 Å². The molecule has 0 fully saturated rings. The molecule has 27 heavy (non-hydrogen) atoms. The van der Waals surface area contributed by atoms with Crippen LogP contribution < -0.4 is 5.32 Å². The van der Waals surface area contributed by atoms with Crippen LogP contribution in [0, 0.1) is 0 Å². The van der Waals surface area contributed by atoms with Crippen molar-refractivity contribution in [1.82, 2.24) is 0 Å². The Labute approximate surface area is 166 Å². The lowest BCUT2D eigenvalue weighted by Gasteiger charge is -2.25. The Morgan fingerprint density at radius 1 is 1.11 bits per heavy atom. The minimum atomic E-state index is -5.20. The molecule has 2 aromatic carbocycles. The van der Waals surface area contributed by atoms with Gasteiger partial charge in [-0.05, 0) is 49.4 Å². The fraction of sp³-hybridized carbons (Fsp3) is 0.188. The number of hydrogen-bond donors (Lipinski definition) is 2. The maximum Gasteiger partial charge on any atom is 0.426 e. The highest BCUT2D eigenvalue weighted by molar-refractivity contribution is 9.10. The smallest absolute Gasteiger partial charge is 0.373 e. The molecule has 2 N–H and O–H groups in total. The summed E-state index contributed by atoms with van der Waals surface area (Å²) >= 11 is 9.09. The van der Waals surface area contributed by atoms with Crippen molar-refractivity contribution in [3.8, 4) is 0 Å². The van der Waals surface area contributed by atoms with Gasteiger partial charge >= 0.3 is 6.18 Å². The molecule has 0 aliphatic rings. The number of nitrogens with one attached hydrogen (secondary N) is 1. The zero-order chi connectivity index (χ0) is 20.6. The summed E-state index contributed by atoms with van der Waals surface area (Å²) in [6, 6.07) is 8.91. The average molecular weight is 487 g/mol. The predicted molar refractivity (Wildman–Crippen MR) is 96.4 cm³/mol. The molecular formula is C16H12BrClF3NO4S. The van der Waals surface area contributed by atoms with E-state index in [4.69, 9.17) is 11.6 Å². The van der Waals surface area contributed by atoms with Gasteiger partial charge in [-0.1, -0.05) is 27.5 Å². The van der Waals surface area contributed by atoms with Gasteiger partial charge in [-0.2, -0.15) is 13.2 Å².